The van der Waals surface area contributed by atoms with E-state index >= 15 is 0 Å². The van der Waals surface area contributed by atoms with Crippen LogP contribution in [-0.2, 0) is 0 Å². The highest BCUT2D eigenvalue weighted by atomic mass is 16.5. The second-order valence-corrected chi connectivity index (χ2v) is 9.48. The fourth-order valence-electron chi connectivity index (χ4n) is 5.36. The molecule has 7 nitrogen and oxygen atoms in total. The Kier molecular flexibility index (Phi) is 7.69. The van der Waals surface area contributed by atoms with Crippen LogP contribution in [0.3, 0.4) is 0 Å². The molecule has 190 valence electrons. The van der Waals surface area contributed by atoms with E-state index in [9.17, 15) is 9.90 Å². The summed E-state index contributed by atoms with van der Waals surface area (Å²) in [4.78, 5) is 21.7. The second kappa shape index (κ2) is 11.5. The van der Waals surface area contributed by atoms with Gasteiger partial charge in [-0.15, -0.1) is 0 Å². The number of nitrogens with one attached hydrogen (secondary N) is 1. The van der Waals surface area contributed by atoms with E-state index in [0.29, 0.717) is 13.1 Å². The lowest BCUT2D eigenvalue weighted by molar-refractivity contribution is -0.0585. The van der Waals surface area contributed by atoms with Crippen LogP contribution in [0.25, 0.3) is 0 Å². The van der Waals surface area contributed by atoms with Crippen molar-refractivity contribution in [2.75, 3.05) is 38.7 Å². The minimum Gasteiger partial charge on any atom is -0.497 e. The van der Waals surface area contributed by atoms with E-state index in [1.54, 1.807) is 13.3 Å². The molecule has 2 aliphatic rings. The van der Waals surface area contributed by atoms with E-state index in [4.69, 9.17) is 4.74 Å². The summed E-state index contributed by atoms with van der Waals surface area (Å²) in [7, 11) is 1.62. The number of pyridine rings is 1. The van der Waals surface area contributed by atoms with Crippen LogP contribution in [0.15, 0.2) is 72.9 Å². The van der Waals surface area contributed by atoms with E-state index < -0.39 is 0 Å². The van der Waals surface area contributed by atoms with Gasteiger partial charge in [0.15, 0.2) is 0 Å². The standard InChI is InChI=1S/C30H32N4O3/c1-37-26-15-13-25(14-16-26)32-30(36)33-18-4-5-19-34-27(20-33)29(28(34)21-35)23-10-7-22(8-11-23)9-12-24-6-2-3-17-31-24/h2-3,6-8,10-11,13-17,27-29,35H,4-5,18-21H2,1H3,(H,32,36)/t27-,28+,29-/m0/s1. The quantitative estimate of drug-likeness (QED) is 0.535. The average molecular weight is 497 g/mol. The molecule has 7 heteroatoms. The number of amides is 2. The van der Waals surface area contributed by atoms with Crippen molar-refractivity contribution in [2.24, 2.45) is 0 Å². The molecule has 1 aromatic heterocycles. The summed E-state index contributed by atoms with van der Waals surface area (Å²) < 4.78 is 5.21. The van der Waals surface area contributed by atoms with Crippen molar-refractivity contribution in [1.29, 1.82) is 0 Å². The molecular weight excluding hydrogens is 464 g/mol. The monoisotopic (exact) mass is 496 g/mol. The summed E-state index contributed by atoms with van der Waals surface area (Å²) >= 11 is 0. The van der Waals surface area contributed by atoms with Crippen molar-refractivity contribution in [3.63, 3.8) is 0 Å². The Labute approximate surface area is 218 Å². The van der Waals surface area contributed by atoms with Gasteiger partial charge in [-0.1, -0.05) is 24.1 Å². The van der Waals surface area contributed by atoms with Crippen LogP contribution < -0.4 is 10.1 Å². The topological polar surface area (TPSA) is 77.9 Å². The minimum absolute atomic E-state index is 0.0556. The molecule has 37 heavy (non-hydrogen) atoms. The smallest absolute Gasteiger partial charge is 0.321 e. The van der Waals surface area contributed by atoms with Crippen molar-refractivity contribution in [3.8, 4) is 17.6 Å². The molecule has 0 unspecified atom stereocenters. The average Bonchev–Trinajstić information content (AvgIpc) is 2.92. The fraction of sp³-hybridized carbons (Fsp3) is 0.333. The molecule has 2 aromatic carbocycles. The first-order valence-electron chi connectivity index (χ1n) is 12.8. The van der Waals surface area contributed by atoms with Gasteiger partial charge >= 0.3 is 6.03 Å². The highest BCUT2D eigenvalue weighted by molar-refractivity contribution is 5.89. The number of carbonyl (C=O) groups is 1. The summed E-state index contributed by atoms with van der Waals surface area (Å²) in [5, 5.41) is 13.3. The Morgan fingerprint density at radius 1 is 1.05 bits per heavy atom. The Hall–Kier alpha value is -3.86. The lowest BCUT2D eigenvalue weighted by Gasteiger charge is -2.57. The summed E-state index contributed by atoms with van der Waals surface area (Å²) in [6.45, 7) is 2.36. The number of rotatable bonds is 4. The predicted molar refractivity (Wildman–Crippen MR) is 144 cm³/mol. The van der Waals surface area contributed by atoms with Crippen LogP contribution in [0.2, 0.25) is 0 Å². The van der Waals surface area contributed by atoms with E-state index in [2.05, 4.69) is 39.2 Å². The molecule has 2 fully saturated rings. The van der Waals surface area contributed by atoms with E-state index in [0.717, 1.165) is 42.1 Å². The molecule has 0 aliphatic carbocycles. The number of aromatic nitrogens is 1. The van der Waals surface area contributed by atoms with Crippen LogP contribution in [0.5, 0.6) is 5.75 Å². The lowest BCUT2D eigenvalue weighted by Crippen LogP contribution is -2.68. The third-order valence-electron chi connectivity index (χ3n) is 7.29. The molecule has 3 aromatic rings. The number of ether oxygens (including phenoxy) is 1. The number of urea groups is 1. The third-order valence-corrected chi connectivity index (χ3v) is 7.29. The first kappa shape index (κ1) is 24.8. The maximum atomic E-state index is 13.2. The van der Waals surface area contributed by atoms with Gasteiger partial charge in [0.2, 0.25) is 0 Å². The molecule has 2 aliphatic heterocycles. The van der Waals surface area contributed by atoms with Crippen LogP contribution >= 0.6 is 0 Å². The highest BCUT2D eigenvalue weighted by Crippen LogP contribution is 2.42. The van der Waals surface area contributed by atoms with Crippen molar-refractivity contribution < 1.29 is 14.6 Å². The van der Waals surface area contributed by atoms with E-state index in [1.807, 2.05) is 59.5 Å². The zero-order valence-corrected chi connectivity index (χ0v) is 21.0. The largest absolute Gasteiger partial charge is 0.497 e. The van der Waals surface area contributed by atoms with Crippen molar-refractivity contribution in [3.05, 3.63) is 89.7 Å². The predicted octanol–water partition coefficient (Wildman–Crippen LogP) is 3.95. The summed E-state index contributed by atoms with van der Waals surface area (Å²) in [5.41, 5.74) is 3.57. The fourth-order valence-corrected chi connectivity index (χ4v) is 5.36. The van der Waals surface area contributed by atoms with Gasteiger partial charge < -0.3 is 20.1 Å². The summed E-state index contributed by atoms with van der Waals surface area (Å²) in [6, 6.07) is 21.4. The first-order chi connectivity index (χ1) is 18.2. The number of hydrogen-bond acceptors (Lipinski definition) is 5. The third kappa shape index (κ3) is 5.61. The molecule has 0 radical (unpaired) electrons. The number of anilines is 1. The molecule has 0 spiro atoms. The van der Waals surface area contributed by atoms with Gasteiger partial charge in [0.1, 0.15) is 11.4 Å². The highest BCUT2D eigenvalue weighted by Gasteiger charge is 2.49. The van der Waals surface area contributed by atoms with Gasteiger partial charge in [-0.05, 0) is 79.4 Å². The lowest BCUT2D eigenvalue weighted by atomic mass is 9.74. The van der Waals surface area contributed by atoms with Gasteiger partial charge in [0.25, 0.3) is 0 Å². The van der Waals surface area contributed by atoms with Crippen molar-refractivity contribution in [2.45, 2.75) is 30.8 Å². The Morgan fingerprint density at radius 3 is 2.54 bits per heavy atom. The van der Waals surface area contributed by atoms with Gasteiger partial charge in [-0.25, -0.2) is 9.78 Å². The normalized spacial score (nSPS) is 21.4. The van der Waals surface area contributed by atoms with Crippen LogP contribution in [0.1, 0.15) is 35.6 Å². The Bertz CT molecular complexity index is 1250. The van der Waals surface area contributed by atoms with Crippen LogP contribution in [0, 0.1) is 11.8 Å². The number of nitrogens with zero attached hydrogens (tertiary/aromatic N) is 3. The molecular formula is C30H32N4O3. The van der Waals surface area contributed by atoms with Gasteiger partial charge in [0, 0.05) is 48.5 Å². The number of fused-ring (bicyclic) bond motifs is 1. The van der Waals surface area contributed by atoms with Crippen LogP contribution in [-0.4, -0.2) is 71.4 Å². The first-order valence-corrected chi connectivity index (χ1v) is 12.8. The minimum atomic E-state index is -0.0987. The Morgan fingerprint density at radius 2 is 1.84 bits per heavy atom. The van der Waals surface area contributed by atoms with E-state index in [-0.39, 0.29) is 30.6 Å². The van der Waals surface area contributed by atoms with Gasteiger partial charge in [-0.2, -0.15) is 0 Å². The number of methoxy groups -OCH3 is 1. The molecule has 2 saturated heterocycles. The van der Waals surface area contributed by atoms with Crippen LogP contribution in [0.4, 0.5) is 10.5 Å². The molecule has 0 saturated carbocycles. The molecule has 0 bridgehead atoms. The zero-order valence-electron chi connectivity index (χ0n) is 21.0. The number of hydrogen-bond donors (Lipinski definition) is 2. The summed E-state index contributed by atoms with van der Waals surface area (Å²) in [5.74, 6) is 7.17. The molecule has 5 rings (SSSR count). The molecule has 2 N–H and O–H groups in total. The molecule has 3 atom stereocenters. The van der Waals surface area contributed by atoms with Crippen molar-refractivity contribution >= 4 is 11.7 Å². The maximum Gasteiger partial charge on any atom is 0.321 e. The SMILES string of the molecule is COc1ccc(NC(=O)N2CCCCN3[C@H](CO)[C@@H](c4ccc(C#Cc5ccccn5)cc4)[C@@H]3C2)cc1. The summed E-state index contributed by atoms with van der Waals surface area (Å²) in [6.07, 6.45) is 3.67. The second-order valence-electron chi connectivity index (χ2n) is 9.48. The molecule has 2 amide bonds. The molecule has 3 heterocycles. The number of aliphatic hydroxyl groups excluding tert-OH is 1. The van der Waals surface area contributed by atoms with Gasteiger partial charge in [-0.3, -0.25) is 4.90 Å². The number of benzene rings is 2. The van der Waals surface area contributed by atoms with E-state index in [1.165, 1.54) is 5.56 Å². The Balaban J connectivity index is 1.30. The van der Waals surface area contributed by atoms with Gasteiger partial charge in [0.05, 0.1) is 13.7 Å². The zero-order chi connectivity index (χ0) is 25.6. The maximum absolute atomic E-state index is 13.2. The number of carbonyl (C=O) groups excluding carboxylic acids is 1. The van der Waals surface area contributed by atoms with Crippen molar-refractivity contribution in [1.82, 2.24) is 14.8 Å². The number of aliphatic hydroxyl groups is 1.